The van der Waals surface area contributed by atoms with Gasteiger partial charge in [-0.15, -0.1) is 0 Å². The van der Waals surface area contributed by atoms with Crippen molar-refractivity contribution in [2.24, 2.45) is 0 Å². The van der Waals surface area contributed by atoms with E-state index in [4.69, 9.17) is 4.74 Å². The molecule has 0 aliphatic carbocycles. The summed E-state index contributed by atoms with van der Waals surface area (Å²) in [7, 11) is 1.74. The average Bonchev–Trinajstić information content (AvgIpc) is 2.52. The molecule has 0 saturated carbocycles. The zero-order valence-electron chi connectivity index (χ0n) is 13.1. The Morgan fingerprint density at radius 3 is 2.67 bits per heavy atom. The quantitative estimate of drug-likeness (QED) is 0.759. The number of hydrogen-bond donors (Lipinski definition) is 1. The summed E-state index contributed by atoms with van der Waals surface area (Å²) >= 11 is 3.58. The Morgan fingerprint density at radius 2 is 2.00 bits per heavy atom. The molecule has 1 aromatic carbocycles. The fourth-order valence-electron chi connectivity index (χ4n) is 2.71. The second-order valence-corrected chi connectivity index (χ2v) is 6.28. The molecule has 0 unspecified atom stereocenters. The number of halogens is 1. The Labute approximate surface area is 136 Å². The topological polar surface area (TPSA) is 27.7 Å². The molecule has 4 nitrogen and oxygen atoms in total. The highest BCUT2D eigenvalue weighted by molar-refractivity contribution is 9.10. The van der Waals surface area contributed by atoms with Gasteiger partial charge in [-0.25, -0.2) is 0 Å². The lowest BCUT2D eigenvalue weighted by atomic mass is 10.1. The molecule has 0 atom stereocenters. The van der Waals surface area contributed by atoms with Crippen LogP contribution in [0.1, 0.15) is 12.5 Å². The molecule has 1 fully saturated rings. The van der Waals surface area contributed by atoms with Crippen LogP contribution in [0.2, 0.25) is 0 Å². The van der Waals surface area contributed by atoms with E-state index in [0.29, 0.717) is 0 Å². The summed E-state index contributed by atoms with van der Waals surface area (Å²) in [5.41, 5.74) is 2.71. The first-order chi connectivity index (χ1) is 10.2. The van der Waals surface area contributed by atoms with Crippen molar-refractivity contribution in [1.29, 1.82) is 0 Å². The van der Waals surface area contributed by atoms with Crippen LogP contribution >= 0.6 is 15.9 Å². The summed E-state index contributed by atoms with van der Waals surface area (Å²) in [6.07, 6.45) is 0. The number of ether oxygens (including phenoxy) is 1. The lowest BCUT2D eigenvalue weighted by Crippen LogP contribution is -2.46. The Bertz CT molecular complexity index is 434. The fourth-order valence-corrected chi connectivity index (χ4v) is 3.11. The van der Waals surface area contributed by atoms with Crippen molar-refractivity contribution >= 4 is 21.6 Å². The van der Waals surface area contributed by atoms with E-state index in [0.717, 1.165) is 56.9 Å². The maximum atomic E-state index is 5.09. The van der Waals surface area contributed by atoms with Crippen molar-refractivity contribution in [3.05, 3.63) is 28.2 Å². The molecule has 1 aliphatic rings. The van der Waals surface area contributed by atoms with Gasteiger partial charge in [0.2, 0.25) is 0 Å². The first-order valence-electron chi connectivity index (χ1n) is 7.70. The number of rotatable bonds is 7. The van der Waals surface area contributed by atoms with Crippen LogP contribution in [-0.4, -0.2) is 57.9 Å². The van der Waals surface area contributed by atoms with Crippen LogP contribution in [0.3, 0.4) is 0 Å². The number of likely N-dealkylation sites (N-methyl/N-ethyl adjacent to an activating group) is 1. The van der Waals surface area contributed by atoms with Gasteiger partial charge in [-0.2, -0.15) is 0 Å². The number of benzene rings is 1. The molecule has 21 heavy (non-hydrogen) atoms. The van der Waals surface area contributed by atoms with Crippen molar-refractivity contribution in [1.82, 2.24) is 10.2 Å². The minimum absolute atomic E-state index is 0.749. The molecule has 1 aliphatic heterocycles. The van der Waals surface area contributed by atoms with E-state index in [1.165, 1.54) is 11.3 Å². The first-order valence-corrected chi connectivity index (χ1v) is 8.49. The average molecular weight is 356 g/mol. The minimum Gasteiger partial charge on any atom is -0.383 e. The molecular formula is C16H26BrN3O. The molecule has 1 N–H and O–H groups in total. The van der Waals surface area contributed by atoms with Crippen LogP contribution in [0, 0.1) is 0 Å². The number of piperazine rings is 1. The molecule has 0 aromatic heterocycles. The zero-order chi connectivity index (χ0) is 15.1. The summed E-state index contributed by atoms with van der Waals surface area (Å²) in [4.78, 5) is 5.01. The van der Waals surface area contributed by atoms with E-state index >= 15 is 0 Å². The maximum absolute atomic E-state index is 5.09. The molecule has 1 saturated heterocycles. The fraction of sp³-hybridized carbons (Fsp3) is 0.625. The summed E-state index contributed by atoms with van der Waals surface area (Å²) in [5.74, 6) is 0. The summed E-state index contributed by atoms with van der Waals surface area (Å²) < 4.78 is 6.23. The monoisotopic (exact) mass is 355 g/mol. The predicted molar refractivity (Wildman–Crippen MR) is 92.1 cm³/mol. The van der Waals surface area contributed by atoms with E-state index < -0.39 is 0 Å². The number of hydrogen-bond acceptors (Lipinski definition) is 4. The third-order valence-corrected chi connectivity index (χ3v) is 4.49. The maximum Gasteiger partial charge on any atom is 0.0587 e. The van der Waals surface area contributed by atoms with Gasteiger partial charge in [-0.3, -0.25) is 0 Å². The normalized spacial score (nSPS) is 16.4. The number of methoxy groups -OCH3 is 1. The lowest BCUT2D eigenvalue weighted by Gasteiger charge is -2.36. The highest BCUT2D eigenvalue weighted by Gasteiger charge is 2.18. The highest BCUT2D eigenvalue weighted by atomic mass is 79.9. The van der Waals surface area contributed by atoms with Crippen LogP contribution in [0.15, 0.2) is 22.7 Å². The molecule has 1 aromatic rings. The van der Waals surface area contributed by atoms with Gasteiger partial charge in [-0.1, -0.05) is 22.9 Å². The van der Waals surface area contributed by atoms with E-state index in [-0.39, 0.29) is 0 Å². The van der Waals surface area contributed by atoms with Crippen molar-refractivity contribution in [2.75, 3.05) is 57.9 Å². The summed E-state index contributed by atoms with van der Waals surface area (Å²) in [6.45, 7) is 10.4. The zero-order valence-corrected chi connectivity index (χ0v) is 14.7. The summed E-state index contributed by atoms with van der Waals surface area (Å²) in [5, 5.41) is 3.45. The SMILES string of the molecule is CCN1CCN(c2ccc(Br)cc2CNCCOC)CC1. The van der Waals surface area contributed by atoms with Gasteiger partial charge in [0.15, 0.2) is 0 Å². The van der Waals surface area contributed by atoms with Crippen molar-refractivity contribution in [3.63, 3.8) is 0 Å². The van der Waals surface area contributed by atoms with E-state index in [1.807, 2.05) is 0 Å². The largest absolute Gasteiger partial charge is 0.383 e. The van der Waals surface area contributed by atoms with E-state index in [1.54, 1.807) is 7.11 Å². The van der Waals surface area contributed by atoms with Gasteiger partial charge in [0.1, 0.15) is 0 Å². The Balaban J connectivity index is 2.01. The lowest BCUT2D eigenvalue weighted by molar-refractivity contribution is 0.199. The molecule has 0 amide bonds. The van der Waals surface area contributed by atoms with Crippen LogP contribution in [0.4, 0.5) is 5.69 Å². The smallest absolute Gasteiger partial charge is 0.0587 e. The van der Waals surface area contributed by atoms with E-state index in [2.05, 4.69) is 56.2 Å². The minimum atomic E-state index is 0.749. The van der Waals surface area contributed by atoms with Gasteiger partial charge in [0.05, 0.1) is 6.61 Å². The van der Waals surface area contributed by atoms with Crippen molar-refractivity contribution in [3.8, 4) is 0 Å². The Kier molecular flexibility index (Phi) is 6.96. The Hall–Kier alpha value is -0.620. The molecule has 0 bridgehead atoms. The summed E-state index contributed by atoms with van der Waals surface area (Å²) in [6, 6.07) is 6.60. The van der Waals surface area contributed by atoms with Gasteiger partial charge in [-0.05, 0) is 30.3 Å². The molecule has 2 rings (SSSR count). The van der Waals surface area contributed by atoms with Crippen molar-refractivity contribution in [2.45, 2.75) is 13.5 Å². The van der Waals surface area contributed by atoms with E-state index in [9.17, 15) is 0 Å². The number of anilines is 1. The molecule has 0 radical (unpaired) electrons. The molecule has 1 heterocycles. The highest BCUT2D eigenvalue weighted by Crippen LogP contribution is 2.25. The van der Waals surface area contributed by atoms with Gasteiger partial charge in [0.25, 0.3) is 0 Å². The second-order valence-electron chi connectivity index (χ2n) is 5.36. The second kappa shape index (κ2) is 8.73. The van der Waals surface area contributed by atoms with Crippen molar-refractivity contribution < 1.29 is 4.74 Å². The molecule has 0 spiro atoms. The van der Waals surface area contributed by atoms with Crippen LogP contribution in [0.5, 0.6) is 0 Å². The molecule has 118 valence electrons. The van der Waals surface area contributed by atoms with Crippen LogP contribution in [-0.2, 0) is 11.3 Å². The number of nitrogens with zero attached hydrogens (tertiary/aromatic N) is 2. The molecule has 5 heteroatoms. The van der Waals surface area contributed by atoms with Gasteiger partial charge >= 0.3 is 0 Å². The standard InChI is InChI=1S/C16H26BrN3O/c1-3-19-7-9-20(10-8-19)16-5-4-15(17)12-14(16)13-18-6-11-21-2/h4-5,12,18H,3,6-11,13H2,1-2H3. The molecular weight excluding hydrogens is 330 g/mol. The van der Waals surface area contributed by atoms with Crippen LogP contribution < -0.4 is 10.2 Å². The first kappa shape index (κ1) is 16.7. The predicted octanol–water partition coefficient (Wildman–Crippen LogP) is 2.33. The Morgan fingerprint density at radius 1 is 1.24 bits per heavy atom. The van der Waals surface area contributed by atoms with Crippen LogP contribution in [0.25, 0.3) is 0 Å². The van der Waals surface area contributed by atoms with Gasteiger partial charge < -0.3 is 19.9 Å². The third kappa shape index (κ3) is 4.95. The number of nitrogens with one attached hydrogen (secondary N) is 1. The third-order valence-electron chi connectivity index (χ3n) is 4.00. The van der Waals surface area contributed by atoms with Gasteiger partial charge in [0, 0.05) is 56.5 Å².